The highest BCUT2D eigenvalue weighted by molar-refractivity contribution is 9.09. The predicted octanol–water partition coefficient (Wildman–Crippen LogP) is 3.18. The highest BCUT2D eigenvalue weighted by Crippen LogP contribution is 2.21. The first-order chi connectivity index (χ1) is 7.65. The average Bonchev–Trinajstić information content (AvgIpc) is 2.16. The first kappa shape index (κ1) is 15.0. The van der Waals surface area contributed by atoms with Gasteiger partial charge in [-0.15, -0.1) is 0 Å². The van der Waals surface area contributed by atoms with Crippen LogP contribution >= 0.6 is 27.5 Å². The van der Waals surface area contributed by atoms with Crippen molar-refractivity contribution in [3.8, 4) is 0 Å². The highest BCUT2D eigenvalue weighted by Gasteiger charge is 2.29. The van der Waals surface area contributed by atoms with Crippen molar-refractivity contribution in [3.05, 3.63) is 29.3 Å². The summed E-state index contributed by atoms with van der Waals surface area (Å²) in [6.45, 7) is 5.53. The Kier molecular flexibility index (Phi) is 4.63. The lowest BCUT2D eigenvalue weighted by molar-refractivity contribution is 0.454. The normalized spacial score (nSPS) is 14.6. The van der Waals surface area contributed by atoms with Gasteiger partial charge in [-0.25, -0.2) is 13.1 Å². The number of halogens is 2. The molecule has 0 saturated heterocycles. The molecule has 0 aliphatic carbocycles. The van der Waals surface area contributed by atoms with Crippen molar-refractivity contribution in [2.75, 3.05) is 0 Å². The molecule has 1 rings (SSSR count). The summed E-state index contributed by atoms with van der Waals surface area (Å²) in [6.07, 6.45) is 0. The molecule has 1 aromatic carbocycles. The van der Waals surface area contributed by atoms with Crippen molar-refractivity contribution in [1.29, 1.82) is 0 Å². The van der Waals surface area contributed by atoms with E-state index in [1.54, 1.807) is 12.1 Å². The molecule has 0 heterocycles. The predicted molar refractivity (Wildman–Crippen MR) is 74.2 cm³/mol. The molecule has 1 unspecified atom stereocenters. The highest BCUT2D eigenvalue weighted by atomic mass is 79.9. The maximum Gasteiger partial charge on any atom is 0.241 e. The molecule has 6 heteroatoms. The molecule has 0 aromatic heterocycles. The van der Waals surface area contributed by atoms with Crippen molar-refractivity contribution < 1.29 is 8.42 Å². The Labute approximate surface area is 116 Å². The van der Waals surface area contributed by atoms with Crippen LogP contribution in [0.15, 0.2) is 29.2 Å². The second kappa shape index (κ2) is 5.26. The summed E-state index contributed by atoms with van der Waals surface area (Å²) >= 11 is 9.11. The minimum Gasteiger partial charge on any atom is -0.207 e. The Hall–Kier alpha value is -0.100. The second-order valence-electron chi connectivity index (χ2n) is 4.40. The fraction of sp³-hybridized carbons (Fsp3) is 0.455. The average molecular weight is 341 g/mol. The van der Waals surface area contributed by atoms with E-state index < -0.39 is 15.6 Å². The molecular weight excluding hydrogens is 326 g/mol. The van der Waals surface area contributed by atoms with Crippen LogP contribution in [0.3, 0.4) is 0 Å². The smallest absolute Gasteiger partial charge is 0.207 e. The van der Waals surface area contributed by atoms with Gasteiger partial charge in [-0.1, -0.05) is 34.5 Å². The Balaban J connectivity index is 3.01. The van der Waals surface area contributed by atoms with Crippen molar-refractivity contribution in [3.63, 3.8) is 0 Å². The lowest BCUT2D eigenvalue weighted by Gasteiger charge is -2.28. The van der Waals surface area contributed by atoms with Gasteiger partial charge in [-0.05, 0) is 38.1 Å². The van der Waals surface area contributed by atoms with E-state index in [-0.39, 0.29) is 9.72 Å². The monoisotopic (exact) mass is 339 g/mol. The summed E-state index contributed by atoms with van der Waals surface area (Å²) < 4.78 is 26.8. The van der Waals surface area contributed by atoms with Gasteiger partial charge in [0.05, 0.1) is 4.90 Å². The quantitative estimate of drug-likeness (QED) is 0.856. The molecule has 0 radical (unpaired) electrons. The van der Waals surface area contributed by atoms with Crippen molar-refractivity contribution >= 4 is 37.6 Å². The van der Waals surface area contributed by atoms with E-state index in [0.717, 1.165) is 0 Å². The number of alkyl halides is 1. The molecule has 0 aliphatic rings. The van der Waals surface area contributed by atoms with E-state index in [9.17, 15) is 8.42 Å². The summed E-state index contributed by atoms with van der Waals surface area (Å²) in [6, 6.07) is 6.08. The number of benzene rings is 1. The summed E-state index contributed by atoms with van der Waals surface area (Å²) in [5.74, 6) is 0. The summed E-state index contributed by atoms with van der Waals surface area (Å²) in [4.78, 5) is 0.222. The molecule has 1 N–H and O–H groups in total. The zero-order valence-corrected chi connectivity index (χ0v) is 13.0. The van der Waals surface area contributed by atoms with E-state index in [1.807, 2.05) is 20.8 Å². The number of rotatable bonds is 4. The topological polar surface area (TPSA) is 46.2 Å². The van der Waals surface area contributed by atoms with Crippen LogP contribution in [-0.2, 0) is 10.0 Å². The summed E-state index contributed by atoms with van der Waals surface area (Å²) in [5.41, 5.74) is -0.571. The molecule has 0 bridgehead atoms. The van der Waals surface area contributed by atoms with Gasteiger partial charge in [0.1, 0.15) is 0 Å². The van der Waals surface area contributed by atoms with Crippen LogP contribution in [0.2, 0.25) is 5.02 Å². The molecule has 3 nitrogen and oxygen atoms in total. The lowest BCUT2D eigenvalue weighted by atomic mass is 10.0. The van der Waals surface area contributed by atoms with Gasteiger partial charge in [0.15, 0.2) is 0 Å². The number of hydrogen-bond acceptors (Lipinski definition) is 2. The third-order valence-corrected chi connectivity index (χ3v) is 5.60. The zero-order valence-electron chi connectivity index (χ0n) is 9.87. The van der Waals surface area contributed by atoms with Crippen molar-refractivity contribution in [2.24, 2.45) is 0 Å². The second-order valence-corrected chi connectivity index (χ2v) is 7.89. The molecule has 17 heavy (non-hydrogen) atoms. The maximum atomic E-state index is 12.1. The first-order valence-corrected chi connectivity index (χ1v) is 7.86. The Morgan fingerprint density at radius 2 is 1.76 bits per heavy atom. The standard InChI is InChI=1S/C11H15BrClNO2S/c1-8(12)11(2,3)14-17(15,16)10-6-4-9(13)5-7-10/h4-8,14H,1-3H3. The first-order valence-electron chi connectivity index (χ1n) is 5.09. The van der Waals surface area contributed by atoms with Gasteiger partial charge >= 0.3 is 0 Å². The number of nitrogens with one attached hydrogen (secondary N) is 1. The SMILES string of the molecule is CC(Br)C(C)(C)NS(=O)(=O)c1ccc(Cl)cc1. The van der Waals surface area contributed by atoms with Gasteiger partial charge < -0.3 is 0 Å². The third-order valence-electron chi connectivity index (χ3n) is 2.52. The number of sulfonamides is 1. The van der Waals surface area contributed by atoms with Crippen LogP contribution in [0.25, 0.3) is 0 Å². The number of hydrogen-bond donors (Lipinski definition) is 1. The van der Waals surface area contributed by atoms with Gasteiger partial charge in [0, 0.05) is 15.4 Å². The van der Waals surface area contributed by atoms with Gasteiger partial charge in [0.25, 0.3) is 0 Å². The zero-order chi connectivity index (χ0) is 13.3. The maximum absolute atomic E-state index is 12.1. The van der Waals surface area contributed by atoms with Crippen LogP contribution in [0.4, 0.5) is 0 Å². The molecule has 1 aromatic rings. The minimum absolute atomic E-state index is 0.0112. The van der Waals surface area contributed by atoms with Gasteiger partial charge in [0.2, 0.25) is 10.0 Å². The molecule has 0 spiro atoms. The van der Waals surface area contributed by atoms with Gasteiger partial charge in [-0.3, -0.25) is 0 Å². The molecular formula is C11H15BrClNO2S. The van der Waals surface area contributed by atoms with Crippen LogP contribution in [-0.4, -0.2) is 18.8 Å². The van der Waals surface area contributed by atoms with Gasteiger partial charge in [-0.2, -0.15) is 0 Å². The molecule has 96 valence electrons. The van der Waals surface area contributed by atoms with Crippen molar-refractivity contribution in [1.82, 2.24) is 4.72 Å². The van der Waals surface area contributed by atoms with E-state index in [2.05, 4.69) is 20.7 Å². The summed E-state index contributed by atoms with van der Waals surface area (Å²) in [7, 11) is -3.52. The van der Waals surface area contributed by atoms with Crippen molar-refractivity contribution in [2.45, 2.75) is 36.0 Å². The van der Waals surface area contributed by atoms with E-state index in [0.29, 0.717) is 5.02 Å². The fourth-order valence-corrected chi connectivity index (χ4v) is 2.97. The molecule has 0 saturated carbocycles. The molecule has 1 atom stereocenters. The summed E-state index contributed by atoms with van der Waals surface area (Å²) in [5, 5.41) is 0.511. The fourth-order valence-electron chi connectivity index (χ4n) is 1.10. The Bertz CT molecular complexity index is 483. The largest absolute Gasteiger partial charge is 0.241 e. The van der Waals surface area contributed by atoms with Crippen LogP contribution in [0.5, 0.6) is 0 Å². The minimum atomic E-state index is -3.52. The third kappa shape index (κ3) is 3.95. The molecule has 0 aliphatic heterocycles. The van der Waals surface area contributed by atoms with Crippen LogP contribution in [0.1, 0.15) is 20.8 Å². The lowest BCUT2D eigenvalue weighted by Crippen LogP contribution is -2.48. The Morgan fingerprint density at radius 1 is 1.29 bits per heavy atom. The molecule has 0 amide bonds. The van der Waals surface area contributed by atoms with E-state index in [4.69, 9.17) is 11.6 Å². The molecule has 0 fully saturated rings. The van der Waals surface area contributed by atoms with Crippen LogP contribution < -0.4 is 4.72 Å². The van der Waals surface area contributed by atoms with E-state index >= 15 is 0 Å². The van der Waals surface area contributed by atoms with E-state index in [1.165, 1.54) is 12.1 Å². The Morgan fingerprint density at radius 3 is 2.18 bits per heavy atom. The van der Waals surface area contributed by atoms with Crippen LogP contribution in [0, 0.1) is 0 Å².